The Kier molecular flexibility index (Phi) is 2.67. The highest BCUT2D eigenvalue weighted by Crippen LogP contribution is 2.28. The molecule has 0 aliphatic carbocycles. The first-order valence-corrected chi connectivity index (χ1v) is 5.29. The topological polar surface area (TPSA) is 38.0 Å². The fraction of sp³-hybridized carbons (Fsp3) is 0.364. The molecule has 0 spiro atoms. The van der Waals surface area contributed by atoms with Crippen LogP contribution in [0.1, 0.15) is 25.6 Å². The van der Waals surface area contributed by atoms with Crippen LogP contribution in [0.5, 0.6) is 0 Å². The number of hydrogen-bond acceptors (Lipinski definition) is 2. The first-order chi connectivity index (χ1) is 7.15. The van der Waals surface area contributed by atoms with E-state index in [4.69, 9.17) is 11.6 Å². The monoisotopic (exact) mass is 224 g/mol. The van der Waals surface area contributed by atoms with Gasteiger partial charge in [-0.05, 0) is 26.0 Å². The molecule has 1 aromatic heterocycles. The first kappa shape index (κ1) is 10.5. The molecule has 2 aromatic rings. The van der Waals surface area contributed by atoms with Gasteiger partial charge in [-0.1, -0.05) is 17.7 Å². The van der Waals surface area contributed by atoms with Crippen molar-refractivity contribution in [1.82, 2.24) is 9.78 Å². The van der Waals surface area contributed by atoms with E-state index in [0.717, 1.165) is 16.6 Å². The average molecular weight is 225 g/mol. The molecule has 2 rings (SSSR count). The van der Waals surface area contributed by atoms with Crippen molar-refractivity contribution in [1.29, 1.82) is 0 Å². The maximum absolute atomic E-state index is 9.36. The molecule has 15 heavy (non-hydrogen) atoms. The number of fused-ring (bicyclic) bond motifs is 1. The smallest absolute Gasteiger partial charge is 0.0942 e. The molecule has 0 fully saturated rings. The van der Waals surface area contributed by atoms with Gasteiger partial charge in [0.05, 0.1) is 22.8 Å². The fourth-order valence-electron chi connectivity index (χ4n) is 1.75. The van der Waals surface area contributed by atoms with Crippen LogP contribution in [0.4, 0.5) is 0 Å². The van der Waals surface area contributed by atoms with Crippen molar-refractivity contribution in [3.05, 3.63) is 28.9 Å². The van der Waals surface area contributed by atoms with Crippen LogP contribution in [0.2, 0.25) is 5.02 Å². The molecular formula is C11H13ClN2O. The van der Waals surface area contributed by atoms with E-state index in [0.29, 0.717) is 5.02 Å². The molecule has 0 bridgehead atoms. The zero-order valence-corrected chi connectivity index (χ0v) is 9.49. The summed E-state index contributed by atoms with van der Waals surface area (Å²) >= 11 is 6.09. The zero-order chi connectivity index (χ0) is 11.0. The molecule has 0 unspecified atom stereocenters. The van der Waals surface area contributed by atoms with E-state index in [1.54, 1.807) is 0 Å². The predicted molar refractivity (Wildman–Crippen MR) is 61.1 cm³/mol. The molecule has 0 atom stereocenters. The molecule has 4 heteroatoms. The largest absolute Gasteiger partial charge is 0.390 e. The van der Waals surface area contributed by atoms with Gasteiger partial charge in [0.15, 0.2) is 0 Å². The zero-order valence-electron chi connectivity index (χ0n) is 8.74. The van der Waals surface area contributed by atoms with Gasteiger partial charge in [0.1, 0.15) is 0 Å². The highest BCUT2D eigenvalue weighted by Gasteiger charge is 2.14. The summed E-state index contributed by atoms with van der Waals surface area (Å²) in [4.78, 5) is 0. The molecular weight excluding hydrogens is 212 g/mol. The Balaban J connectivity index is 2.80. The minimum Gasteiger partial charge on any atom is -0.390 e. The van der Waals surface area contributed by atoms with Gasteiger partial charge < -0.3 is 5.11 Å². The summed E-state index contributed by atoms with van der Waals surface area (Å²) in [6.07, 6.45) is 0. The Labute approximate surface area is 93.3 Å². The lowest BCUT2D eigenvalue weighted by Gasteiger charge is -2.08. The van der Waals surface area contributed by atoms with Crippen molar-refractivity contribution in [2.75, 3.05) is 0 Å². The first-order valence-electron chi connectivity index (χ1n) is 4.91. The maximum Gasteiger partial charge on any atom is 0.0942 e. The van der Waals surface area contributed by atoms with Crippen molar-refractivity contribution in [3.63, 3.8) is 0 Å². The number of aliphatic hydroxyl groups is 1. The Morgan fingerprint density at radius 2 is 2.20 bits per heavy atom. The number of halogens is 1. The number of benzene rings is 1. The number of rotatable bonds is 2. The van der Waals surface area contributed by atoms with Crippen LogP contribution in [-0.2, 0) is 6.61 Å². The SMILES string of the molecule is CC(C)n1nc2cccc(Cl)c2c1CO. The number of hydrogen-bond donors (Lipinski definition) is 1. The van der Waals surface area contributed by atoms with Crippen LogP contribution < -0.4 is 0 Å². The van der Waals surface area contributed by atoms with E-state index in [1.807, 2.05) is 36.7 Å². The van der Waals surface area contributed by atoms with E-state index >= 15 is 0 Å². The van der Waals surface area contributed by atoms with Gasteiger partial charge in [0.2, 0.25) is 0 Å². The molecule has 0 aliphatic heterocycles. The quantitative estimate of drug-likeness (QED) is 0.852. The maximum atomic E-state index is 9.36. The molecule has 0 saturated carbocycles. The summed E-state index contributed by atoms with van der Waals surface area (Å²) in [5.74, 6) is 0. The second kappa shape index (κ2) is 3.83. The Morgan fingerprint density at radius 3 is 2.80 bits per heavy atom. The standard InChI is InChI=1S/C11H13ClN2O/c1-7(2)14-10(6-15)11-8(12)4-3-5-9(11)13-14/h3-5,7,15H,6H2,1-2H3. The molecule has 1 N–H and O–H groups in total. The third-order valence-electron chi connectivity index (χ3n) is 2.41. The second-order valence-electron chi connectivity index (χ2n) is 3.78. The van der Waals surface area contributed by atoms with E-state index < -0.39 is 0 Å². The molecule has 0 radical (unpaired) electrons. The molecule has 1 heterocycles. The molecule has 0 aliphatic rings. The third-order valence-corrected chi connectivity index (χ3v) is 2.73. The normalized spacial score (nSPS) is 11.5. The van der Waals surface area contributed by atoms with Gasteiger partial charge in [0, 0.05) is 11.4 Å². The van der Waals surface area contributed by atoms with Gasteiger partial charge in [-0.25, -0.2) is 0 Å². The molecule has 0 saturated heterocycles. The summed E-state index contributed by atoms with van der Waals surface area (Å²) in [6, 6.07) is 5.80. The number of nitrogens with zero attached hydrogens (tertiary/aromatic N) is 2. The van der Waals surface area contributed by atoms with Crippen molar-refractivity contribution in [2.24, 2.45) is 0 Å². The van der Waals surface area contributed by atoms with Gasteiger partial charge in [-0.15, -0.1) is 0 Å². The molecule has 3 nitrogen and oxygen atoms in total. The van der Waals surface area contributed by atoms with Gasteiger partial charge in [-0.3, -0.25) is 4.68 Å². The second-order valence-corrected chi connectivity index (χ2v) is 4.18. The van der Waals surface area contributed by atoms with Crippen molar-refractivity contribution < 1.29 is 5.11 Å². The summed E-state index contributed by atoms with van der Waals surface area (Å²) < 4.78 is 1.82. The summed E-state index contributed by atoms with van der Waals surface area (Å²) in [5.41, 5.74) is 1.62. The summed E-state index contributed by atoms with van der Waals surface area (Å²) in [6.45, 7) is 4.01. The molecule has 0 amide bonds. The fourth-order valence-corrected chi connectivity index (χ4v) is 2.03. The Bertz CT molecular complexity index is 491. The van der Waals surface area contributed by atoms with Crippen molar-refractivity contribution >= 4 is 22.5 Å². The van der Waals surface area contributed by atoms with E-state index in [9.17, 15) is 5.11 Å². The third kappa shape index (κ3) is 1.62. The predicted octanol–water partition coefficient (Wildman–Crippen LogP) is 2.76. The summed E-state index contributed by atoms with van der Waals surface area (Å²) in [7, 11) is 0. The van der Waals surface area contributed by atoms with Crippen LogP contribution >= 0.6 is 11.6 Å². The van der Waals surface area contributed by atoms with Crippen molar-refractivity contribution in [3.8, 4) is 0 Å². The number of aromatic nitrogens is 2. The lowest BCUT2D eigenvalue weighted by atomic mass is 10.2. The molecule has 1 aromatic carbocycles. The van der Waals surface area contributed by atoms with Gasteiger partial charge in [-0.2, -0.15) is 5.10 Å². The average Bonchev–Trinajstić information content (AvgIpc) is 2.57. The number of aliphatic hydroxyl groups excluding tert-OH is 1. The molecule has 80 valence electrons. The summed E-state index contributed by atoms with van der Waals surface area (Å²) in [5, 5.41) is 15.3. The van der Waals surface area contributed by atoms with Crippen LogP contribution in [-0.4, -0.2) is 14.9 Å². The van der Waals surface area contributed by atoms with Crippen molar-refractivity contribution in [2.45, 2.75) is 26.5 Å². The van der Waals surface area contributed by atoms with Crippen LogP contribution in [0.15, 0.2) is 18.2 Å². The van der Waals surface area contributed by atoms with Gasteiger partial charge >= 0.3 is 0 Å². The van der Waals surface area contributed by atoms with E-state index in [1.165, 1.54) is 0 Å². The minimum atomic E-state index is -0.0432. The highest BCUT2D eigenvalue weighted by atomic mass is 35.5. The van der Waals surface area contributed by atoms with Crippen LogP contribution in [0, 0.1) is 0 Å². The lowest BCUT2D eigenvalue weighted by molar-refractivity contribution is 0.266. The van der Waals surface area contributed by atoms with E-state index in [2.05, 4.69) is 5.10 Å². The Hall–Kier alpha value is -1.06. The van der Waals surface area contributed by atoms with Crippen LogP contribution in [0.3, 0.4) is 0 Å². The van der Waals surface area contributed by atoms with Crippen LogP contribution in [0.25, 0.3) is 10.9 Å². The van der Waals surface area contributed by atoms with E-state index in [-0.39, 0.29) is 12.6 Å². The van der Waals surface area contributed by atoms with Gasteiger partial charge in [0.25, 0.3) is 0 Å². The lowest BCUT2D eigenvalue weighted by Crippen LogP contribution is -2.07. The Morgan fingerprint density at radius 1 is 1.47 bits per heavy atom. The minimum absolute atomic E-state index is 0.0432. The highest BCUT2D eigenvalue weighted by molar-refractivity contribution is 6.35.